The molecule has 1 aromatic rings. The van der Waals surface area contributed by atoms with Gasteiger partial charge in [-0.25, -0.2) is 4.79 Å². The topological polar surface area (TPSA) is 111 Å². The number of aliphatic hydroxyl groups excluding tert-OH is 2. The molecule has 1 aliphatic heterocycles. The highest BCUT2D eigenvalue weighted by atomic mass is 35.5. The first-order valence-electron chi connectivity index (χ1n) is 5.04. The fraction of sp³-hybridized carbons (Fsp3) is 0.556. The minimum absolute atomic E-state index is 0. The lowest BCUT2D eigenvalue weighted by Gasteiger charge is -2.20. The van der Waals surface area contributed by atoms with Crippen molar-refractivity contribution in [1.29, 1.82) is 0 Å². The van der Waals surface area contributed by atoms with Crippen molar-refractivity contribution in [2.24, 2.45) is 0 Å². The lowest BCUT2D eigenvalue weighted by molar-refractivity contribution is -0.140. The summed E-state index contributed by atoms with van der Waals surface area (Å²) in [7, 11) is 0. The summed E-state index contributed by atoms with van der Waals surface area (Å²) >= 11 is 0. The lowest BCUT2D eigenvalue weighted by atomic mass is 10.1. The normalized spacial score (nSPS) is 28.9. The molecule has 0 bridgehead atoms. The van der Waals surface area contributed by atoms with Crippen LogP contribution < -0.4 is 11.4 Å². The molecule has 1 fully saturated rings. The van der Waals surface area contributed by atoms with Crippen molar-refractivity contribution in [1.82, 2.24) is 9.55 Å². The van der Waals surface area contributed by atoms with Gasteiger partial charge in [0.05, 0.1) is 6.61 Å². The number of anilines is 1. The highest BCUT2D eigenvalue weighted by Gasteiger charge is 2.59. The zero-order chi connectivity index (χ0) is 13.5. The van der Waals surface area contributed by atoms with Gasteiger partial charge in [0.1, 0.15) is 11.9 Å². The van der Waals surface area contributed by atoms with E-state index in [1.807, 2.05) is 0 Å². The van der Waals surface area contributed by atoms with E-state index in [-0.39, 0.29) is 18.2 Å². The average Bonchev–Trinajstić information content (AvgIpc) is 2.52. The number of aliphatic hydroxyl groups is 2. The molecule has 1 aromatic heterocycles. The third-order valence-corrected chi connectivity index (χ3v) is 2.66. The number of hydrogen-bond donors (Lipinski definition) is 3. The number of aromatic nitrogens is 2. The number of halogens is 3. The summed E-state index contributed by atoms with van der Waals surface area (Å²) in [4.78, 5) is 14.7. The Balaban J connectivity index is 0.00000180. The fourth-order valence-corrected chi connectivity index (χ4v) is 1.72. The van der Waals surface area contributed by atoms with Crippen molar-refractivity contribution >= 4 is 18.2 Å². The summed E-state index contributed by atoms with van der Waals surface area (Å²) in [5, 5.41) is 18.1. The Labute approximate surface area is 112 Å². The Bertz CT molecular complexity index is 512. The van der Waals surface area contributed by atoms with Crippen molar-refractivity contribution in [2.45, 2.75) is 24.4 Å². The van der Waals surface area contributed by atoms with Gasteiger partial charge >= 0.3 is 11.6 Å². The van der Waals surface area contributed by atoms with E-state index in [0.717, 1.165) is 12.3 Å². The summed E-state index contributed by atoms with van der Waals surface area (Å²) in [6.07, 6.45) is -4.69. The molecule has 2 heterocycles. The van der Waals surface area contributed by atoms with Gasteiger partial charge in [-0.2, -0.15) is 13.8 Å². The van der Waals surface area contributed by atoms with E-state index in [1.54, 1.807) is 0 Å². The Morgan fingerprint density at radius 3 is 2.68 bits per heavy atom. The number of rotatable bonds is 2. The van der Waals surface area contributed by atoms with Crippen LogP contribution in [0.25, 0.3) is 0 Å². The second kappa shape index (κ2) is 5.37. The van der Waals surface area contributed by atoms with Gasteiger partial charge in [-0.15, -0.1) is 12.4 Å². The molecule has 0 unspecified atom stereocenters. The third-order valence-electron chi connectivity index (χ3n) is 2.66. The van der Waals surface area contributed by atoms with Crippen LogP contribution in [0.5, 0.6) is 0 Å². The van der Waals surface area contributed by atoms with Gasteiger partial charge < -0.3 is 20.7 Å². The van der Waals surface area contributed by atoms with Gasteiger partial charge in [-0.05, 0) is 6.07 Å². The molecule has 3 atom stereocenters. The van der Waals surface area contributed by atoms with E-state index in [2.05, 4.69) is 4.98 Å². The van der Waals surface area contributed by atoms with Gasteiger partial charge in [-0.3, -0.25) is 4.57 Å². The number of nitrogens with two attached hydrogens (primary N) is 1. The van der Waals surface area contributed by atoms with Crippen LogP contribution in [-0.2, 0) is 4.74 Å². The second-order valence-corrected chi connectivity index (χ2v) is 3.87. The van der Waals surface area contributed by atoms with Gasteiger partial charge in [0.25, 0.3) is 0 Å². The Morgan fingerprint density at radius 1 is 1.58 bits per heavy atom. The van der Waals surface area contributed by atoms with E-state index < -0.39 is 36.7 Å². The van der Waals surface area contributed by atoms with Crippen LogP contribution in [0, 0.1) is 0 Å². The van der Waals surface area contributed by atoms with E-state index in [9.17, 15) is 18.7 Å². The molecule has 4 N–H and O–H groups in total. The highest BCUT2D eigenvalue weighted by molar-refractivity contribution is 5.85. The standard InChI is InChI=1S/C9H11F2N3O4.ClH/c10-9(11)6(16)4(3-15)18-7(9)14-2-1-5(12)13-8(14)17;/h1-2,4,6-7,15-16H,3H2,(H2,12,13,17);1H/t4-,6+,7-;/m1./s1/i8+1,13+1,14+1;. The van der Waals surface area contributed by atoms with Crippen LogP contribution >= 0.6 is 12.4 Å². The van der Waals surface area contributed by atoms with Crippen molar-refractivity contribution in [3.8, 4) is 0 Å². The predicted octanol–water partition coefficient (Wildman–Crippen LogP) is -0.867. The first kappa shape index (κ1) is 15.8. The van der Waals surface area contributed by atoms with Crippen molar-refractivity contribution in [2.75, 3.05) is 12.3 Å². The Kier molecular flexibility index (Phi) is 4.46. The molecule has 1 aliphatic rings. The minimum atomic E-state index is -3.71. The van der Waals surface area contributed by atoms with E-state index in [0.29, 0.717) is 4.57 Å². The minimum Gasteiger partial charge on any atom is -0.394 e. The molecule has 108 valence electrons. The third kappa shape index (κ3) is 2.54. The summed E-state index contributed by atoms with van der Waals surface area (Å²) in [6.45, 7) is -0.787. The molecular weight excluding hydrogens is 291 g/mol. The SMILES string of the molecule is Cl.Nc1cc[15n]([C@@H]2O[C@H](CO)[C@H](O)C2(F)F)[13c](=O)[15n]1. The zero-order valence-corrected chi connectivity index (χ0v) is 10.3. The van der Waals surface area contributed by atoms with Crippen molar-refractivity contribution < 1.29 is 23.7 Å². The molecular formula is C9H12ClF2N3O4. The van der Waals surface area contributed by atoms with Crippen molar-refractivity contribution in [3.05, 3.63) is 22.7 Å². The molecule has 7 nitrogen and oxygen atoms in total. The maximum Gasteiger partial charge on any atom is 0.351 e. The second-order valence-electron chi connectivity index (χ2n) is 3.87. The molecule has 0 spiro atoms. The number of ether oxygens (including phenoxy) is 1. The maximum atomic E-state index is 13.7. The number of hydrogen-bond acceptors (Lipinski definition) is 6. The molecule has 0 aliphatic carbocycles. The molecule has 0 radical (unpaired) electrons. The molecule has 19 heavy (non-hydrogen) atoms. The predicted molar refractivity (Wildman–Crippen MR) is 62.1 cm³/mol. The van der Waals surface area contributed by atoms with Crippen LogP contribution in [0.15, 0.2) is 17.1 Å². The molecule has 0 amide bonds. The molecule has 2 rings (SSSR count). The van der Waals surface area contributed by atoms with E-state index in [4.69, 9.17) is 15.6 Å². The largest absolute Gasteiger partial charge is 0.394 e. The molecule has 10 heteroatoms. The van der Waals surface area contributed by atoms with Crippen LogP contribution in [0.2, 0.25) is 0 Å². The lowest BCUT2D eigenvalue weighted by Crippen LogP contribution is -2.41. The molecule has 0 saturated carbocycles. The summed E-state index contributed by atoms with van der Waals surface area (Å²) in [6, 6.07) is 1.15. The van der Waals surface area contributed by atoms with Gasteiger partial charge in [0.15, 0.2) is 6.10 Å². The van der Waals surface area contributed by atoms with Crippen molar-refractivity contribution in [3.63, 3.8) is 0 Å². The van der Waals surface area contributed by atoms with Gasteiger partial charge in [0.2, 0.25) is 6.23 Å². The quantitative estimate of drug-likeness (QED) is 0.655. The fourth-order valence-electron chi connectivity index (χ4n) is 1.72. The smallest absolute Gasteiger partial charge is 0.351 e. The summed E-state index contributed by atoms with van der Waals surface area (Å²) in [5.41, 5.74) is 4.21. The highest BCUT2D eigenvalue weighted by Crippen LogP contribution is 2.41. The first-order valence-corrected chi connectivity index (χ1v) is 5.04. The first-order chi connectivity index (χ1) is 8.37. The summed E-state index contributed by atoms with van der Waals surface area (Å²) < 4.78 is 32.7. The molecule has 0 aromatic carbocycles. The van der Waals surface area contributed by atoms with E-state index in [1.165, 1.54) is 0 Å². The van der Waals surface area contributed by atoms with Gasteiger partial charge in [0, 0.05) is 6.20 Å². The molecule has 1 saturated heterocycles. The van der Waals surface area contributed by atoms with Crippen LogP contribution in [-0.4, -0.2) is 44.5 Å². The number of nitrogen functional groups attached to an aromatic ring is 1. The monoisotopic (exact) mass is 302 g/mol. The van der Waals surface area contributed by atoms with E-state index >= 15 is 0 Å². The number of alkyl halides is 2. The van der Waals surface area contributed by atoms with Crippen LogP contribution in [0.4, 0.5) is 14.6 Å². The number of nitrogens with zero attached hydrogens (tertiary/aromatic N) is 2. The maximum absolute atomic E-state index is 13.7. The average molecular weight is 303 g/mol. The summed E-state index contributed by atoms with van der Waals surface area (Å²) in [5.74, 6) is -3.83. The Hall–Kier alpha value is -1.29. The van der Waals surface area contributed by atoms with Crippen LogP contribution in [0.3, 0.4) is 0 Å². The Morgan fingerprint density at radius 2 is 2.21 bits per heavy atom. The van der Waals surface area contributed by atoms with Gasteiger partial charge in [-0.1, -0.05) is 0 Å². The zero-order valence-electron chi connectivity index (χ0n) is 9.44. The van der Waals surface area contributed by atoms with Crippen LogP contribution in [0.1, 0.15) is 6.23 Å².